The molecule has 0 aromatic carbocycles. The lowest BCUT2D eigenvalue weighted by atomic mass is 9.98. The maximum Gasteiger partial charge on any atom is 0.320 e. The number of nitrogens with two attached hydrogens (primary N) is 1. The van der Waals surface area contributed by atoms with Gasteiger partial charge in [0.25, 0.3) is 0 Å². The molecule has 0 aromatic rings. The smallest absolute Gasteiger partial charge is 0.320 e. The molecular weight excluding hydrogens is 182 g/mol. The van der Waals surface area contributed by atoms with Crippen molar-refractivity contribution >= 4 is 5.97 Å². The number of carboxylic acid groups (broad SMARTS) is 1. The summed E-state index contributed by atoms with van der Waals surface area (Å²) in [7, 11) is 1.63. The van der Waals surface area contributed by atoms with E-state index < -0.39 is 12.0 Å². The second-order valence-corrected chi connectivity index (χ2v) is 3.29. The fourth-order valence-electron chi connectivity index (χ4n) is 1.36. The number of methoxy groups -OCH3 is 1. The van der Waals surface area contributed by atoms with Crippen molar-refractivity contribution in [3.05, 3.63) is 23.5 Å². The first-order valence-corrected chi connectivity index (χ1v) is 4.52. The van der Waals surface area contributed by atoms with Crippen molar-refractivity contribution < 1.29 is 14.6 Å². The van der Waals surface area contributed by atoms with Gasteiger partial charge in [-0.25, -0.2) is 0 Å². The van der Waals surface area contributed by atoms with E-state index in [-0.39, 0.29) is 0 Å². The summed E-state index contributed by atoms with van der Waals surface area (Å²) in [4.78, 5) is 10.5. The van der Waals surface area contributed by atoms with Crippen molar-refractivity contribution in [2.45, 2.75) is 25.3 Å². The topological polar surface area (TPSA) is 72.5 Å². The summed E-state index contributed by atoms with van der Waals surface area (Å²) < 4.78 is 5.06. The van der Waals surface area contributed by atoms with Gasteiger partial charge in [0, 0.05) is 6.42 Å². The Balaban J connectivity index is 2.43. The standard InChI is InChI=1S/C10H15NO3/c1-14-8-4-2-7(3-5-8)6-9(11)10(12)13/h2,5,9H,3-4,6,11H2,1H3,(H,12,13)/t9-/m0/s1. The summed E-state index contributed by atoms with van der Waals surface area (Å²) in [5, 5.41) is 8.62. The molecule has 0 unspecified atom stereocenters. The molecule has 3 N–H and O–H groups in total. The number of carboxylic acids is 1. The van der Waals surface area contributed by atoms with Crippen LogP contribution in [0.15, 0.2) is 23.5 Å². The van der Waals surface area contributed by atoms with E-state index in [1.165, 1.54) is 0 Å². The Morgan fingerprint density at radius 1 is 1.64 bits per heavy atom. The third-order valence-electron chi connectivity index (χ3n) is 2.25. The maximum atomic E-state index is 10.5. The van der Waals surface area contributed by atoms with Gasteiger partial charge >= 0.3 is 5.97 Å². The number of allylic oxidation sites excluding steroid dienone is 2. The minimum absolute atomic E-state index is 0.419. The second kappa shape index (κ2) is 4.81. The van der Waals surface area contributed by atoms with Gasteiger partial charge in [-0.05, 0) is 18.9 Å². The van der Waals surface area contributed by atoms with Crippen LogP contribution >= 0.6 is 0 Å². The first kappa shape index (κ1) is 10.8. The Morgan fingerprint density at radius 3 is 2.79 bits per heavy atom. The zero-order valence-electron chi connectivity index (χ0n) is 8.19. The highest BCUT2D eigenvalue weighted by atomic mass is 16.5. The van der Waals surface area contributed by atoms with E-state index in [1.54, 1.807) is 7.11 Å². The Labute approximate surface area is 83.0 Å². The maximum absolute atomic E-state index is 10.5. The molecule has 0 saturated heterocycles. The molecule has 0 amide bonds. The molecule has 0 spiro atoms. The fourth-order valence-corrected chi connectivity index (χ4v) is 1.36. The monoisotopic (exact) mass is 197 g/mol. The van der Waals surface area contributed by atoms with E-state index in [4.69, 9.17) is 15.6 Å². The van der Waals surface area contributed by atoms with Crippen LogP contribution in [-0.4, -0.2) is 24.2 Å². The van der Waals surface area contributed by atoms with Gasteiger partial charge in [-0.15, -0.1) is 0 Å². The summed E-state index contributed by atoms with van der Waals surface area (Å²) in [6, 6.07) is -0.793. The highest BCUT2D eigenvalue weighted by molar-refractivity contribution is 5.73. The predicted molar refractivity (Wildman–Crippen MR) is 52.6 cm³/mol. The van der Waals surface area contributed by atoms with Gasteiger partial charge in [0.15, 0.2) is 0 Å². The molecule has 4 heteroatoms. The predicted octanol–water partition coefficient (Wildman–Crippen LogP) is 1.04. The average Bonchev–Trinajstić information content (AvgIpc) is 2.19. The molecule has 1 aliphatic rings. The molecule has 4 nitrogen and oxygen atoms in total. The Bertz CT molecular complexity index is 281. The highest BCUT2D eigenvalue weighted by Gasteiger charge is 2.14. The molecule has 0 aromatic heterocycles. The van der Waals surface area contributed by atoms with Crippen molar-refractivity contribution in [1.29, 1.82) is 0 Å². The number of hydrogen-bond donors (Lipinski definition) is 2. The highest BCUT2D eigenvalue weighted by Crippen LogP contribution is 2.20. The van der Waals surface area contributed by atoms with Crippen molar-refractivity contribution in [2.24, 2.45) is 5.73 Å². The SMILES string of the molecule is COC1=CCC(C[C@H](N)C(=O)O)=CC1. The van der Waals surface area contributed by atoms with Crippen LogP contribution in [0.25, 0.3) is 0 Å². The normalized spacial score (nSPS) is 18.1. The molecule has 14 heavy (non-hydrogen) atoms. The average molecular weight is 197 g/mol. The number of hydrogen-bond acceptors (Lipinski definition) is 3. The van der Waals surface area contributed by atoms with Crippen molar-refractivity contribution in [3.63, 3.8) is 0 Å². The van der Waals surface area contributed by atoms with E-state index in [2.05, 4.69) is 0 Å². The molecule has 0 saturated carbocycles. The lowest BCUT2D eigenvalue weighted by molar-refractivity contribution is -0.138. The molecule has 1 rings (SSSR count). The largest absolute Gasteiger partial charge is 0.501 e. The minimum Gasteiger partial charge on any atom is -0.501 e. The molecule has 0 aliphatic heterocycles. The van der Waals surface area contributed by atoms with Crippen LogP contribution in [-0.2, 0) is 9.53 Å². The molecule has 1 aliphatic carbocycles. The quantitative estimate of drug-likeness (QED) is 0.660. The molecule has 0 bridgehead atoms. The lowest BCUT2D eigenvalue weighted by Crippen LogP contribution is -2.30. The van der Waals surface area contributed by atoms with Gasteiger partial charge in [0.1, 0.15) is 6.04 Å². The molecule has 78 valence electrons. The Hall–Kier alpha value is -1.29. The molecule has 1 atom stereocenters. The van der Waals surface area contributed by atoms with Crippen LogP contribution in [0.3, 0.4) is 0 Å². The Morgan fingerprint density at radius 2 is 2.36 bits per heavy atom. The second-order valence-electron chi connectivity index (χ2n) is 3.29. The van der Waals surface area contributed by atoms with E-state index in [0.717, 1.165) is 24.2 Å². The van der Waals surface area contributed by atoms with Gasteiger partial charge in [-0.1, -0.05) is 11.6 Å². The first-order valence-electron chi connectivity index (χ1n) is 4.52. The van der Waals surface area contributed by atoms with Crippen LogP contribution in [0.5, 0.6) is 0 Å². The first-order chi connectivity index (χ1) is 6.63. The number of ether oxygens (including phenoxy) is 1. The van der Waals surface area contributed by atoms with Gasteiger partial charge in [-0.3, -0.25) is 4.79 Å². The molecular formula is C10H15NO3. The van der Waals surface area contributed by atoms with Crippen molar-refractivity contribution in [3.8, 4) is 0 Å². The van der Waals surface area contributed by atoms with Crippen molar-refractivity contribution in [2.75, 3.05) is 7.11 Å². The minimum atomic E-state index is -0.951. The van der Waals surface area contributed by atoms with E-state index in [9.17, 15) is 4.79 Å². The third-order valence-corrected chi connectivity index (χ3v) is 2.25. The van der Waals surface area contributed by atoms with Gasteiger partial charge < -0.3 is 15.6 Å². The van der Waals surface area contributed by atoms with E-state index >= 15 is 0 Å². The van der Waals surface area contributed by atoms with Crippen LogP contribution < -0.4 is 5.73 Å². The molecule has 0 fully saturated rings. The fraction of sp³-hybridized carbons (Fsp3) is 0.500. The molecule has 0 heterocycles. The van der Waals surface area contributed by atoms with Crippen LogP contribution in [0.1, 0.15) is 19.3 Å². The summed E-state index contributed by atoms with van der Waals surface area (Å²) in [5.74, 6) is -0.0231. The zero-order chi connectivity index (χ0) is 10.6. The summed E-state index contributed by atoms with van der Waals surface area (Å²) in [5.41, 5.74) is 6.49. The summed E-state index contributed by atoms with van der Waals surface area (Å²) in [6.07, 6.45) is 5.84. The number of rotatable bonds is 4. The van der Waals surface area contributed by atoms with Crippen LogP contribution in [0.4, 0.5) is 0 Å². The zero-order valence-corrected chi connectivity index (χ0v) is 8.19. The Kier molecular flexibility index (Phi) is 3.71. The number of aliphatic carboxylic acids is 1. The lowest BCUT2D eigenvalue weighted by Gasteiger charge is -2.14. The van der Waals surface area contributed by atoms with Crippen LogP contribution in [0.2, 0.25) is 0 Å². The van der Waals surface area contributed by atoms with E-state index in [0.29, 0.717) is 6.42 Å². The third kappa shape index (κ3) is 2.88. The van der Waals surface area contributed by atoms with Gasteiger partial charge in [-0.2, -0.15) is 0 Å². The van der Waals surface area contributed by atoms with E-state index in [1.807, 2.05) is 12.2 Å². The van der Waals surface area contributed by atoms with Gasteiger partial charge in [0.2, 0.25) is 0 Å². The van der Waals surface area contributed by atoms with Crippen molar-refractivity contribution in [1.82, 2.24) is 0 Å². The number of carbonyl (C=O) groups is 1. The molecule has 0 radical (unpaired) electrons. The summed E-state index contributed by atoms with van der Waals surface area (Å²) in [6.45, 7) is 0. The summed E-state index contributed by atoms with van der Waals surface area (Å²) >= 11 is 0. The van der Waals surface area contributed by atoms with Crippen LogP contribution in [0, 0.1) is 0 Å². The van der Waals surface area contributed by atoms with Gasteiger partial charge in [0.05, 0.1) is 12.9 Å².